The summed E-state index contributed by atoms with van der Waals surface area (Å²) >= 11 is 0. The van der Waals surface area contributed by atoms with E-state index in [1.165, 1.54) is 0 Å². The van der Waals surface area contributed by atoms with E-state index in [1.54, 1.807) is 24.3 Å². The van der Waals surface area contributed by atoms with Crippen molar-refractivity contribution in [2.45, 2.75) is 32.9 Å². The summed E-state index contributed by atoms with van der Waals surface area (Å²) in [6.45, 7) is 5.88. The Balaban J connectivity index is 1.70. The van der Waals surface area contributed by atoms with Gasteiger partial charge in [-0.15, -0.1) is 0 Å². The van der Waals surface area contributed by atoms with E-state index in [0.717, 1.165) is 11.3 Å². The number of hydrogen-bond donors (Lipinski definition) is 2. The molecule has 6 heteroatoms. The fraction of sp³-hybridized carbons (Fsp3) is 0.333. The lowest BCUT2D eigenvalue weighted by atomic mass is 10.1. The average Bonchev–Trinajstić information content (AvgIpc) is 2.63. The lowest BCUT2D eigenvalue weighted by molar-refractivity contribution is -0.127. The maximum atomic E-state index is 11.8. The van der Waals surface area contributed by atoms with Gasteiger partial charge >= 0.3 is 0 Å². The van der Waals surface area contributed by atoms with E-state index >= 15 is 0 Å². The van der Waals surface area contributed by atoms with Crippen molar-refractivity contribution < 1.29 is 19.1 Å². The molecule has 6 nitrogen and oxygen atoms in total. The van der Waals surface area contributed by atoms with Gasteiger partial charge in [-0.1, -0.05) is 30.3 Å². The fourth-order valence-electron chi connectivity index (χ4n) is 2.21. The zero-order valence-corrected chi connectivity index (χ0v) is 16.0. The lowest BCUT2D eigenvalue weighted by Gasteiger charge is -2.20. The number of amides is 2. The van der Waals surface area contributed by atoms with E-state index < -0.39 is 0 Å². The third-order valence-corrected chi connectivity index (χ3v) is 3.40. The molecule has 2 amide bonds. The summed E-state index contributed by atoms with van der Waals surface area (Å²) < 4.78 is 11.1. The predicted octanol–water partition coefficient (Wildman–Crippen LogP) is 2.68. The first kappa shape index (κ1) is 20.3. The van der Waals surface area contributed by atoms with Crippen LogP contribution in [0.3, 0.4) is 0 Å². The molecule has 0 saturated carbocycles. The van der Waals surface area contributed by atoms with Crippen molar-refractivity contribution in [3.63, 3.8) is 0 Å². The highest BCUT2D eigenvalue weighted by atomic mass is 16.5. The van der Waals surface area contributed by atoms with Gasteiger partial charge in [0.1, 0.15) is 18.1 Å². The van der Waals surface area contributed by atoms with Gasteiger partial charge in [0.05, 0.1) is 6.54 Å². The maximum absolute atomic E-state index is 11.8. The zero-order chi connectivity index (χ0) is 19.7. The minimum atomic E-state index is -0.358. The van der Waals surface area contributed by atoms with Crippen LogP contribution in [0.5, 0.6) is 11.5 Å². The van der Waals surface area contributed by atoms with E-state index in [4.69, 9.17) is 9.47 Å². The molecule has 2 N–H and O–H groups in total. The Labute approximate surface area is 159 Å². The largest absolute Gasteiger partial charge is 0.489 e. The fourth-order valence-corrected chi connectivity index (χ4v) is 2.21. The molecule has 2 aromatic rings. The van der Waals surface area contributed by atoms with Crippen molar-refractivity contribution in [2.24, 2.45) is 0 Å². The van der Waals surface area contributed by atoms with Crippen LogP contribution in [0.15, 0.2) is 54.6 Å². The van der Waals surface area contributed by atoms with Crippen molar-refractivity contribution >= 4 is 11.8 Å². The molecule has 0 fully saturated rings. The molecule has 27 heavy (non-hydrogen) atoms. The Morgan fingerprint density at radius 3 is 2.04 bits per heavy atom. The van der Waals surface area contributed by atoms with Gasteiger partial charge in [0.2, 0.25) is 5.91 Å². The number of rotatable bonds is 8. The minimum absolute atomic E-state index is 0.0777. The van der Waals surface area contributed by atoms with Gasteiger partial charge in [-0.2, -0.15) is 0 Å². The molecule has 0 aromatic heterocycles. The molecular formula is C21H26N2O4. The molecule has 0 aliphatic heterocycles. The first-order valence-electron chi connectivity index (χ1n) is 8.79. The molecular weight excluding hydrogens is 344 g/mol. The number of benzene rings is 2. The average molecular weight is 370 g/mol. The molecule has 0 atom stereocenters. The van der Waals surface area contributed by atoms with Crippen molar-refractivity contribution in [2.75, 3.05) is 13.2 Å². The number of nitrogens with one attached hydrogen (secondary N) is 2. The van der Waals surface area contributed by atoms with Crippen LogP contribution in [0.1, 0.15) is 26.3 Å². The monoisotopic (exact) mass is 370 g/mol. The zero-order valence-electron chi connectivity index (χ0n) is 16.0. The molecule has 0 spiro atoms. The molecule has 144 valence electrons. The third-order valence-electron chi connectivity index (χ3n) is 3.40. The predicted molar refractivity (Wildman–Crippen MR) is 104 cm³/mol. The quantitative estimate of drug-likeness (QED) is 0.749. The number of ether oxygens (including phenoxy) is 2. The standard InChI is InChI=1S/C21H26N2O4/c1-21(2,3)23-19(24)13-22-20(25)15-27-18-11-9-17(10-12-18)26-14-16-7-5-4-6-8-16/h4-12H,13-15H2,1-3H3,(H,22,25)(H,23,24). The van der Waals surface area contributed by atoms with Gasteiger partial charge in [-0.3, -0.25) is 9.59 Å². The van der Waals surface area contributed by atoms with Crippen LogP contribution in [0, 0.1) is 0 Å². The van der Waals surface area contributed by atoms with Crippen molar-refractivity contribution in [3.8, 4) is 11.5 Å². The molecule has 0 radical (unpaired) electrons. The van der Waals surface area contributed by atoms with Crippen molar-refractivity contribution in [1.29, 1.82) is 0 Å². The van der Waals surface area contributed by atoms with Gasteiger partial charge in [0, 0.05) is 5.54 Å². The van der Waals surface area contributed by atoms with E-state index in [2.05, 4.69) is 10.6 Å². The smallest absolute Gasteiger partial charge is 0.258 e. The van der Waals surface area contributed by atoms with E-state index in [9.17, 15) is 9.59 Å². The number of carbonyl (C=O) groups excluding carboxylic acids is 2. The summed E-state index contributed by atoms with van der Waals surface area (Å²) in [6.07, 6.45) is 0. The summed E-state index contributed by atoms with van der Waals surface area (Å²) in [4.78, 5) is 23.4. The van der Waals surface area contributed by atoms with Crippen LogP contribution in [0.2, 0.25) is 0 Å². The molecule has 0 saturated heterocycles. The second-order valence-corrected chi connectivity index (χ2v) is 7.11. The summed E-state index contributed by atoms with van der Waals surface area (Å²) in [5.74, 6) is 0.671. The molecule has 0 aliphatic rings. The molecule has 0 unspecified atom stereocenters. The third kappa shape index (κ3) is 8.27. The molecule has 2 aromatic carbocycles. The van der Waals surface area contributed by atoms with Crippen LogP contribution in [0.25, 0.3) is 0 Å². The van der Waals surface area contributed by atoms with Gasteiger partial charge in [0.25, 0.3) is 5.91 Å². The first-order chi connectivity index (χ1) is 12.8. The van der Waals surface area contributed by atoms with E-state index in [-0.39, 0.29) is 30.5 Å². The SMILES string of the molecule is CC(C)(C)NC(=O)CNC(=O)COc1ccc(OCc2ccccc2)cc1. The van der Waals surface area contributed by atoms with Crippen LogP contribution >= 0.6 is 0 Å². The van der Waals surface area contributed by atoms with Crippen LogP contribution in [-0.2, 0) is 16.2 Å². The van der Waals surface area contributed by atoms with Gasteiger partial charge in [-0.25, -0.2) is 0 Å². The minimum Gasteiger partial charge on any atom is -0.489 e. The first-order valence-corrected chi connectivity index (χ1v) is 8.79. The van der Waals surface area contributed by atoms with Crippen molar-refractivity contribution in [1.82, 2.24) is 10.6 Å². The van der Waals surface area contributed by atoms with E-state index in [1.807, 2.05) is 51.1 Å². The van der Waals surface area contributed by atoms with E-state index in [0.29, 0.717) is 12.4 Å². The van der Waals surface area contributed by atoms with Gasteiger partial charge < -0.3 is 20.1 Å². The Morgan fingerprint density at radius 1 is 0.852 bits per heavy atom. The normalized spacial score (nSPS) is 10.8. The summed E-state index contributed by atoms with van der Waals surface area (Å²) in [5, 5.41) is 5.29. The second-order valence-electron chi connectivity index (χ2n) is 7.11. The Morgan fingerprint density at radius 2 is 1.44 bits per heavy atom. The highest BCUT2D eigenvalue weighted by molar-refractivity contribution is 5.85. The highest BCUT2D eigenvalue weighted by Crippen LogP contribution is 2.18. The Kier molecular flexibility index (Phi) is 7.23. The number of carbonyl (C=O) groups is 2. The van der Waals surface area contributed by atoms with Crippen LogP contribution in [-0.4, -0.2) is 30.5 Å². The maximum Gasteiger partial charge on any atom is 0.258 e. The molecule has 0 bridgehead atoms. The Hall–Kier alpha value is -3.02. The van der Waals surface area contributed by atoms with Gasteiger partial charge in [0.15, 0.2) is 6.61 Å². The second kappa shape index (κ2) is 9.62. The van der Waals surface area contributed by atoms with Crippen LogP contribution in [0.4, 0.5) is 0 Å². The topological polar surface area (TPSA) is 76.7 Å². The summed E-state index contributed by atoms with van der Waals surface area (Å²) in [7, 11) is 0. The van der Waals surface area contributed by atoms with Crippen LogP contribution < -0.4 is 20.1 Å². The molecule has 0 heterocycles. The summed E-state index contributed by atoms with van der Waals surface area (Å²) in [5.41, 5.74) is 0.757. The number of hydrogen-bond acceptors (Lipinski definition) is 4. The van der Waals surface area contributed by atoms with Crippen molar-refractivity contribution in [3.05, 3.63) is 60.2 Å². The lowest BCUT2D eigenvalue weighted by Crippen LogP contribution is -2.46. The molecule has 2 rings (SSSR count). The summed E-state index contributed by atoms with van der Waals surface area (Å²) in [6, 6.07) is 16.9. The highest BCUT2D eigenvalue weighted by Gasteiger charge is 2.14. The molecule has 0 aliphatic carbocycles. The Bertz CT molecular complexity index is 737. The van der Waals surface area contributed by atoms with Gasteiger partial charge in [-0.05, 0) is 50.6 Å².